The molecule has 0 radical (unpaired) electrons. The molecule has 4 atom stereocenters. The standard InChI is InChI=1S/C50H52F3N9O6S/c1-28-4-13-43(48(64)56-28)62-49(65)37-10-9-36(21-39(37)50(62)66)59-24-29(2)61(30(3)25-59)26-31-14-17-58(18-15-31)35-7-5-32(6-8-35)33-20-38-40(23-55-47(38)54-22-33)46(63)44-41(52)11-12-42(45(44)53)57-69(67,68)60-19-16-34(51)27-60/h5-12,20-23,29-31,34,43,57H,1,4,13-19,24-27H2,2-3H3,(H,54,55)(H,56,64)/t29-,30-,34-,43?/m1/s1. The zero-order valence-corrected chi connectivity index (χ0v) is 39.0. The van der Waals surface area contributed by atoms with Gasteiger partial charge in [-0.25, -0.2) is 18.2 Å². The number of amides is 3. The normalized spacial score (nSPS) is 23.0. The summed E-state index contributed by atoms with van der Waals surface area (Å²) in [5.41, 5.74) is 3.39. The van der Waals surface area contributed by atoms with Gasteiger partial charge in [-0.15, -0.1) is 0 Å². The van der Waals surface area contributed by atoms with Gasteiger partial charge >= 0.3 is 10.2 Å². The maximum atomic E-state index is 15.8. The minimum atomic E-state index is -4.36. The van der Waals surface area contributed by atoms with Crippen molar-refractivity contribution in [2.75, 3.05) is 60.3 Å². The highest BCUT2D eigenvalue weighted by Gasteiger charge is 2.44. The minimum Gasteiger partial charge on any atom is -0.372 e. The number of hydrogen-bond acceptors (Lipinski definition) is 10. The second-order valence-electron chi connectivity index (χ2n) is 18.9. The number of nitrogens with zero attached hydrogens (tertiary/aromatic N) is 6. The monoisotopic (exact) mass is 963 g/mol. The molecule has 3 amide bonds. The molecule has 3 aromatic carbocycles. The second-order valence-corrected chi connectivity index (χ2v) is 20.6. The van der Waals surface area contributed by atoms with Crippen LogP contribution in [0.2, 0.25) is 0 Å². The van der Waals surface area contributed by atoms with E-state index in [-0.39, 0.29) is 36.5 Å². The van der Waals surface area contributed by atoms with Gasteiger partial charge in [0, 0.05) is 104 Å². The van der Waals surface area contributed by atoms with Crippen LogP contribution in [0.15, 0.2) is 85.3 Å². The summed E-state index contributed by atoms with van der Waals surface area (Å²) in [5, 5.41) is 3.01. The number of allylic oxidation sites excluding steroid dienone is 1. The highest BCUT2D eigenvalue weighted by Crippen LogP contribution is 2.35. The first-order valence-electron chi connectivity index (χ1n) is 23.3. The van der Waals surface area contributed by atoms with E-state index in [2.05, 4.69) is 50.4 Å². The molecule has 1 unspecified atom stereocenters. The second kappa shape index (κ2) is 18.1. The predicted molar refractivity (Wildman–Crippen MR) is 255 cm³/mol. The topological polar surface area (TPSA) is 171 Å². The Balaban J connectivity index is 0.753. The molecule has 5 aliphatic rings. The quantitative estimate of drug-likeness (QED) is 0.0963. The van der Waals surface area contributed by atoms with E-state index in [4.69, 9.17) is 0 Å². The van der Waals surface area contributed by atoms with Crippen LogP contribution in [-0.2, 0) is 15.0 Å². The van der Waals surface area contributed by atoms with Gasteiger partial charge in [-0.05, 0) is 106 Å². The largest absolute Gasteiger partial charge is 0.372 e. The van der Waals surface area contributed by atoms with Crippen LogP contribution in [0.1, 0.15) is 82.6 Å². The molecule has 5 aromatic rings. The number of benzene rings is 3. The van der Waals surface area contributed by atoms with Crippen LogP contribution in [0.5, 0.6) is 0 Å². The summed E-state index contributed by atoms with van der Waals surface area (Å²) >= 11 is 0. The molecule has 69 heavy (non-hydrogen) atoms. The lowest BCUT2D eigenvalue weighted by molar-refractivity contribution is -0.125. The number of alkyl halides is 1. The molecular formula is C50H52F3N9O6S. The lowest BCUT2D eigenvalue weighted by Crippen LogP contribution is -2.58. The summed E-state index contributed by atoms with van der Waals surface area (Å²) in [6.45, 7) is 12.0. The first kappa shape index (κ1) is 46.2. The molecule has 19 heteroatoms. The van der Waals surface area contributed by atoms with Crippen LogP contribution in [0.3, 0.4) is 0 Å². The number of ketones is 1. The van der Waals surface area contributed by atoms with Crippen molar-refractivity contribution in [1.82, 2.24) is 29.4 Å². The van der Waals surface area contributed by atoms with E-state index in [9.17, 15) is 32.0 Å². The summed E-state index contributed by atoms with van der Waals surface area (Å²) in [7, 11) is -4.36. The van der Waals surface area contributed by atoms with Gasteiger partial charge in [-0.2, -0.15) is 12.7 Å². The number of piperazine rings is 1. The van der Waals surface area contributed by atoms with Crippen molar-refractivity contribution in [2.45, 2.75) is 70.2 Å². The maximum absolute atomic E-state index is 15.8. The van der Waals surface area contributed by atoms with E-state index >= 15 is 8.78 Å². The molecule has 4 fully saturated rings. The number of carbonyl (C=O) groups is 4. The van der Waals surface area contributed by atoms with Crippen molar-refractivity contribution < 1.29 is 40.8 Å². The molecule has 0 aliphatic carbocycles. The van der Waals surface area contributed by atoms with Gasteiger partial charge in [0.15, 0.2) is 5.82 Å². The Morgan fingerprint density at radius 1 is 0.841 bits per heavy atom. The van der Waals surface area contributed by atoms with Crippen molar-refractivity contribution in [3.05, 3.63) is 119 Å². The Hall–Kier alpha value is -6.57. The summed E-state index contributed by atoms with van der Waals surface area (Å²) in [6.07, 6.45) is 4.51. The molecule has 4 saturated heterocycles. The lowest BCUT2D eigenvalue weighted by atomic mass is 9.93. The molecule has 360 valence electrons. The SMILES string of the molecule is C=C1CCC(N2C(=O)c3ccc(N4C[C@@H](C)N(CC5CCN(c6ccc(-c7cnc8[nH]cc(C(=O)c9c(F)ccc(NS(=O)(=O)N%10CC[C@@H](F)C%10)c9F)c8c7)cc6)CC5)[C@H](C)C4)cc3C2=O)C(=O)N1. The molecule has 5 aliphatic heterocycles. The Morgan fingerprint density at radius 3 is 2.25 bits per heavy atom. The van der Waals surface area contributed by atoms with Crippen molar-refractivity contribution >= 4 is 61.8 Å². The van der Waals surface area contributed by atoms with Gasteiger partial charge in [0.1, 0.15) is 23.7 Å². The number of aromatic nitrogens is 2. The van der Waals surface area contributed by atoms with Gasteiger partial charge in [0.05, 0.1) is 22.4 Å². The number of piperidine rings is 2. The van der Waals surface area contributed by atoms with E-state index in [0.29, 0.717) is 52.2 Å². The molecule has 10 rings (SSSR count). The zero-order chi connectivity index (χ0) is 48.5. The van der Waals surface area contributed by atoms with E-state index in [1.807, 2.05) is 35.1 Å². The molecule has 15 nitrogen and oxygen atoms in total. The van der Waals surface area contributed by atoms with Crippen molar-refractivity contribution in [2.24, 2.45) is 5.92 Å². The summed E-state index contributed by atoms with van der Waals surface area (Å²) in [5.74, 6) is -4.32. The number of rotatable bonds is 11. The number of pyridine rings is 1. The third-order valence-corrected chi connectivity index (χ3v) is 15.9. The van der Waals surface area contributed by atoms with Crippen molar-refractivity contribution in [1.29, 1.82) is 0 Å². The molecular weight excluding hydrogens is 912 g/mol. The van der Waals surface area contributed by atoms with Crippen LogP contribution in [0.25, 0.3) is 22.2 Å². The van der Waals surface area contributed by atoms with E-state index < -0.39 is 69.5 Å². The Kier molecular flexibility index (Phi) is 12.1. The van der Waals surface area contributed by atoms with E-state index in [0.717, 1.165) is 83.8 Å². The Bertz CT molecular complexity index is 3020. The van der Waals surface area contributed by atoms with Gasteiger partial charge in [-0.1, -0.05) is 18.7 Å². The Labute approximate surface area is 397 Å². The molecule has 7 heterocycles. The van der Waals surface area contributed by atoms with Crippen molar-refractivity contribution in [3.8, 4) is 11.1 Å². The summed E-state index contributed by atoms with van der Waals surface area (Å²) in [6, 6.07) is 16.5. The highest BCUT2D eigenvalue weighted by molar-refractivity contribution is 7.90. The van der Waals surface area contributed by atoms with E-state index in [1.54, 1.807) is 24.4 Å². The van der Waals surface area contributed by atoms with Crippen LogP contribution in [-0.4, -0.2) is 126 Å². The number of carbonyl (C=O) groups excluding carboxylic acids is 4. The smallest absolute Gasteiger partial charge is 0.301 e. The number of nitrogens with one attached hydrogen (secondary N) is 3. The third kappa shape index (κ3) is 8.64. The fraction of sp³-hybridized carbons (Fsp3) is 0.380. The summed E-state index contributed by atoms with van der Waals surface area (Å²) < 4.78 is 73.3. The van der Waals surface area contributed by atoms with Crippen molar-refractivity contribution in [3.63, 3.8) is 0 Å². The number of fused-ring (bicyclic) bond motifs is 2. The number of hydrogen-bond donors (Lipinski definition) is 3. The van der Waals surface area contributed by atoms with Gasteiger partial charge in [0.2, 0.25) is 11.7 Å². The fourth-order valence-electron chi connectivity index (χ4n) is 10.6. The van der Waals surface area contributed by atoms with Crippen LogP contribution in [0, 0.1) is 17.6 Å². The molecule has 0 saturated carbocycles. The van der Waals surface area contributed by atoms with Gasteiger partial charge < -0.3 is 20.1 Å². The van der Waals surface area contributed by atoms with Gasteiger partial charge in [-0.3, -0.25) is 33.7 Å². The van der Waals surface area contributed by atoms with Gasteiger partial charge in [0.25, 0.3) is 11.8 Å². The zero-order valence-electron chi connectivity index (χ0n) is 38.2. The molecule has 0 spiro atoms. The first-order chi connectivity index (χ1) is 33.0. The maximum Gasteiger partial charge on any atom is 0.301 e. The number of halogens is 3. The molecule has 3 N–H and O–H groups in total. The van der Waals surface area contributed by atoms with Crippen LogP contribution in [0.4, 0.5) is 30.2 Å². The predicted octanol–water partition coefficient (Wildman–Crippen LogP) is 6.64. The average molecular weight is 964 g/mol. The lowest BCUT2D eigenvalue weighted by Gasteiger charge is -2.47. The molecule has 0 bridgehead atoms. The number of aromatic amines is 1. The van der Waals surface area contributed by atoms with E-state index in [1.165, 1.54) is 6.20 Å². The Morgan fingerprint density at radius 2 is 1.55 bits per heavy atom. The number of H-pyrrole nitrogens is 1. The average Bonchev–Trinajstić information content (AvgIpc) is 4.04. The van der Waals surface area contributed by atoms with Crippen LogP contribution >= 0.6 is 0 Å². The number of anilines is 3. The first-order valence-corrected chi connectivity index (χ1v) is 24.8. The minimum absolute atomic E-state index is 0.000157. The fourth-order valence-corrected chi connectivity index (χ4v) is 11.9. The summed E-state index contributed by atoms with van der Waals surface area (Å²) in [4.78, 5) is 69.1. The number of imide groups is 1. The molecule has 2 aromatic heterocycles. The van der Waals surface area contributed by atoms with Crippen LogP contribution < -0.4 is 19.8 Å². The highest BCUT2D eigenvalue weighted by atomic mass is 32.2. The third-order valence-electron chi connectivity index (χ3n) is 14.4.